The molecule has 12 heteroatoms. The number of carbonyl (C=O) groups excluding carboxylic acids is 4. The number of esters is 3. The largest absolute Gasteiger partial charge is 0.457 e. The molecule has 2 aromatic carbocycles. The van der Waals surface area contributed by atoms with E-state index in [1.54, 1.807) is 66.7 Å². The number of rotatable bonds is 38. The van der Waals surface area contributed by atoms with Gasteiger partial charge in [-0.25, -0.2) is 9.59 Å². The molecule has 0 spiro atoms. The predicted molar refractivity (Wildman–Crippen MR) is 267 cm³/mol. The van der Waals surface area contributed by atoms with Gasteiger partial charge in [0.15, 0.2) is 18.5 Å². The molecule has 68 heavy (non-hydrogen) atoms. The fourth-order valence-electron chi connectivity index (χ4n) is 8.58. The summed E-state index contributed by atoms with van der Waals surface area (Å²) in [5.41, 5.74) is 0.532. The van der Waals surface area contributed by atoms with E-state index in [1.165, 1.54) is 109 Å². The maximum atomic E-state index is 13.8. The zero-order valence-electron chi connectivity index (χ0n) is 41.8. The van der Waals surface area contributed by atoms with E-state index in [0.29, 0.717) is 12.0 Å². The van der Waals surface area contributed by atoms with Crippen molar-refractivity contribution in [3.05, 3.63) is 83.9 Å². The molecule has 0 unspecified atom stereocenters. The minimum atomic E-state index is -1.66. The van der Waals surface area contributed by atoms with Crippen LogP contribution in [0.3, 0.4) is 0 Å². The Balaban J connectivity index is 1.76. The molecule has 1 heterocycles. The molecule has 0 radical (unpaired) electrons. The molecule has 3 rings (SSSR count). The number of hydrogen-bond acceptors (Lipinski definition) is 11. The molecule has 1 amide bonds. The molecule has 2 aromatic rings. The SMILES string of the molecule is CCCCCCCCCCCCC/C=C/[C@@H](OC(=O)c1ccccc1)[C@H](CO[C@@H]1O[C@H](CO)[C@H](OC(C)=O)[C@H](O)[C@H]1OC(=O)c1ccccc1)NC(=O)CCCCCCCCCCCCCCC. The van der Waals surface area contributed by atoms with Crippen molar-refractivity contribution in [3.8, 4) is 0 Å². The highest BCUT2D eigenvalue weighted by molar-refractivity contribution is 5.90. The van der Waals surface area contributed by atoms with Gasteiger partial charge in [-0.15, -0.1) is 0 Å². The average molecular weight is 950 g/mol. The van der Waals surface area contributed by atoms with Gasteiger partial charge in [0.1, 0.15) is 18.3 Å². The number of benzene rings is 2. The summed E-state index contributed by atoms with van der Waals surface area (Å²) in [6.45, 7) is 4.66. The Morgan fingerprint density at radius 1 is 0.632 bits per heavy atom. The summed E-state index contributed by atoms with van der Waals surface area (Å²) in [4.78, 5) is 52.9. The van der Waals surface area contributed by atoms with Gasteiger partial charge in [-0.3, -0.25) is 9.59 Å². The molecule has 0 aromatic heterocycles. The third-order valence-electron chi connectivity index (χ3n) is 12.6. The molecule has 382 valence electrons. The number of aliphatic hydroxyl groups is 2. The molecule has 7 atom stereocenters. The molecule has 12 nitrogen and oxygen atoms in total. The Morgan fingerprint density at radius 2 is 1.10 bits per heavy atom. The molecule has 3 N–H and O–H groups in total. The van der Waals surface area contributed by atoms with Crippen LogP contribution in [0.25, 0.3) is 0 Å². The summed E-state index contributed by atoms with van der Waals surface area (Å²) in [7, 11) is 0. The summed E-state index contributed by atoms with van der Waals surface area (Å²) >= 11 is 0. The predicted octanol–water partition coefficient (Wildman–Crippen LogP) is 11.7. The zero-order valence-corrected chi connectivity index (χ0v) is 41.8. The van der Waals surface area contributed by atoms with Crippen molar-refractivity contribution in [2.24, 2.45) is 0 Å². The Kier molecular flexibility index (Phi) is 31.5. The van der Waals surface area contributed by atoms with Gasteiger partial charge < -0.3 is 39.2 Å². The molecule has 0 bridgehead atoms. The molecule has 1 aliphatic rings. The normalized spacial score (nSPS) is 19.0. The zero-order chi connectivity index (χ0) is 49.0. The molecule has 1 aliphatic heterocycles. The van der Waals surface area contributed by atoms with Gasteiger partial charge >= 0.3 is 17.9 Å². The van der Waals surface area contributed by atoms with Crippen LogP contribution in [-0.4, -0.2) is 90.1 Å². The van der Waals surface area contributed by atoms with Crippen LogP contribution in [0.2, 0.25) is 0 Å². The number of allylic oxidation sites excluding steroid dienone is 1. The highest BCUT2D eigenvalue weighted by atomic mass is 16.7. The average Bonchev–Trinajstić information content (AvgIpc) is 3.34. The van der Waals surface area contributed by atoms with E-state index < -0.39 is 67.4 Å². The van der Waals surface area contributed by atoms with Crippen molar-refractivity contribution >= 4 is 23.8 Å². The second-order valence-electron chi connectivity index (χ2n) is 18.5. The Morgan fingerprint density at radius 3 is 1.59 bits per heavy atom. The van der Waals surface area contributed by atoms with E-state index in [-0.39, 0.29) is 24.5 Å². The van der Waals surface area contributed by atoms with Crippen LogP contribution < -0.4 is 5.32 Å². The van der Waals surface area contributed by atoms with E-state index >= 15 is 0 Å². The van der Waals surface area contributed by atoms with Crippen molar-refractivity contribution in [2.75, 3.05) is 13.2 Å². The summed E-state index contributed by atoms with van der Waals surface area (Å²) in [5, 5.41) is 24.9. The van der Waals surface area contributed by atoms with Crippen LogP contribution in [0.4, 0.5) is 0 Å². The lowest BCUT2D eigenvalue weighted by molar-refractivity contribution is -0.303. The third-order valence-corrected chi connectivity index (χ3v) is 12.6. The third kappa shape index (κ3) is 24.4. The summed E-state index contributed by atoms with van der Waals surface area (Å²) < 4.78 is 29.7. The minimum absolute atomic E-state index is 0.195. The van der Waals surface area contributed by atoms with Gasteiger partial charge in [-0.2, -0.15) is 0 Å². The highest BCUT2D eigenvalue weighted by Gasteiger charge is 2.50. The number of nitrogens with one attached hydrogen (secondary N) is 1. The summed E-state index contributed by atoms with van der Waals surface area (Å²) in [6, 6.07) is 15.8. The molecule has 0 saturated carbocycles. The minimum Gasteiger partial charge on any atom is -0.457 e. The first-order chi connectivity index (χ1) is 33.2. The standard InChI is InChI=1S/C56H87NO11/c1-4-6-8-10-12-14-16-18-20-22-24-26-34-40-48(66-54(62)45-36-30-28-31-37-45)47(57-50(60)41-35-27-25-23-21-19-17-15-13-11-9-7-5-2)43-64-56-53(68-55(63)46-38-32-29-33-39-46)51(61)52(65-44(3)59)49(42-58)67-56/h28-34,36-40,47-49,51-53,56,58,61H,4-27,35,41-43H2,1-3H3,(H,57,60)/b40-34+/t47-,48+,49+,51-,52-,53+,56+/m0/s1. The van der Waals surface area contributed by atoms with Crippen LogP contribution in [0.15, 0.2) is 72.8 Å². The number of hydrogen-bond donors (Lipinski definition) is 3. The van der Waals surface area contributed by atoms with E-state index in [4.69, 9.17) is 23.7 Å². The van der Waals surface area contributed by atoms with E-state index in [2.05, 4.69) is 19.2 Å². The van der Waals surface area contributed by atoms with Gasteiger partial charge in [0, 0.05) is 13.3 Å². The monoisotopic (exact) mass is 950 g/mol. The van der Waals surface area contributed by atoms with Gasteiger partial charge in [0.2, 0.25) is 5.91 Å². The molecule has 1 saturated heterocycles. The first kappa shape index (κ1) is 58.2. The number of ether oxygens (including phenoxy) is 5. The Bertz CT molecular complexity index is 1660. The first-order valence-electron chi connectivity index (χ1n) is 26.4. The summed E-state index contributed by atoms with van der Waals surface area (Å²) in [5.74, 6) is -2.37. The fraction of sp³-hybridized carbons (Fsp3) is 0.679. The lowest BCUT2D eigenvalue weighted by atomic mass is 9.98. The van der Waals surface area contributed by atoms with Crippen LogP contribution >= 0.6 is 0 Å². The fourth-order valence-corrected chi connectivity index (χ4v) is 8.58. The number of carbonyl (C=O) groups is 4. The van der Waals surface area contributed by atoms with Crippen molar-refractivity contribution in [3.63, 3.8) is 0 Å². The summed E-state index contributed by atoms with van der Waals surface area (Å²) in [6.07, 6.45) is 25.2. The van der Waals surface area contributed by atoms with E-state index in [1.807, 2.05) is 6.08 Å². The second kappa shape index (κ2) is 36.8. The number of aliphatic hydroxyl groups excluding tert-OH is 2. The van der Waals surface area contributed by atoms with Gasteiger partial charge in [0.05, 0.1) is 30.4 Å². The van der Waals surface area contributed by atoms with Crippen molar-refractivity contribution in [1.29, 1.82) is 0 Å². The smallest absolute Gasteiger partial charge is 0.338 e. The lowest BCUT2D eigenvalue weighted by Gasteiger charge is -2.43. The highest BCUT2D eigenvalue weighted by Crippen LogP contribution is 2.28. The van der Waals surface area contributed by atoms with Crippen molar-refractivity contribution in [2.45, 2.75) is 231 Å². The molecular formula is C56H87NO11. The van der Waals surface area contributed by atoms with Crippen LogP contribution in [0, 0.1) is 0 Å². The topological polar surface area (TPSA) is 167 Å². The van der Waals surface area contributed by atoms with Gasteiger partial charge in [0.25, 0.3) is 0 Å². The van der Waals surface area contributed by atoms with E-state index in [9.17, 15) is 29.4 Å². The van der Waals surface area contributed by atoms with Crippen molar-refractivity contribution < 1.29 is 53.1 Å². The van der Waals surface area contributed by atoms with Crippen LogP contribution in [0.5, 0.6) is 0 Å². The quantitative estimate of drug-likeness (QED) is 0.0254. The van der Waals surface area contributed by atoms with E-state index in [0.717, 1.165) is 51.9 Å². The molecular weight excluding hydrogens is 863 g/mol. The molecule has 1 fully saturated rings. The lowest BCUT2D eigenvalue weighted by Crippen LogP contribution is -2.62. The molecule has 0 aliphatic carbocycles. The van der Waals surface area contributed by atoms with Crippen LogP contribution in [-0.2, 0) is 33.3 Å². The second-order valence-corrected chi connectivity index (χ2v) is 18.5. The van der Waals surface area contributed by atoms with Gasteiger partial charge in [-0.1, -0.05) is 198 Å². The first-order valence-corrected chi connectivity index (χ1v) is 26.4. The number of amides is 1. The van der Waals surface area contributed by atoms with Crippen molar-refractivity contribution in [1.82, 2.24) is 5.32 Å². The Labute approximate surface area is 408 Å². The Hall–Kier alpha value is -4.10. The maximum absolute atomic E-state index is 13.8. The maximum Gasteiger partial charge on any atom is 0.338 e. The van der Waals surface area contributed by atoms with Gasteiger partial charge in [-0.05, 0) is 49.6 Å². The van der Waals surface area contributed by atoms with Crippen LogP contribution in [0.1, 0.15) is 208 Å². The number of unbranched alkanes of at least 4 members (excludes halogenated alkanes) is 23.